The van der Waals surface area contributed by atoms with Crippen LogP contribution in [0.15, 0.2) is 36.4 Å². The molecule has 0 bridgehead atoms. The maximum Gasteiger partial charge on any atom is 0.175 e. The van der Waals surface area contributed by atoms with Crippen molar-refractivity contribution in [1.29, 1.82) is 0 Å². The third-order valence-electron chi connectivity index (χ3n) is 2.82. The van der Waals surface area contributed by atoms with Crippen LogP contribution in [0.4, 0.5) is 0 Å². The monoisotopic (exact) mass is 201 g/mol. The standard InChI is InChI=1S/C13H15NO/c1-9(2)13(15)12-7-10-5-3-4-6-11(10)8-14-12/h3-6,12,14H,1,7-8H2,2H3. The van der Waals surface area contributed by atoms with Gasteiger partial charge in [-0.2, -0.15) is 0 Å². The van der Waals surface area contributed by atoms with E-state index in [2.05, 4.69) is 24.0 Å². The topological polar surface area (TPSA) is 29.1 Å². The summed E-state index contributed by atoms with van der Waals surface area (Å²) in [5.41, 5.74) is 3.20. The maximum absolute atomic E-state index is 11.7. The highest BCUT2D eigenvalue weighted by atomic mass is 16.1. The molecule has 0 aliphatic carbocycles. The van der Waals surface area contributed by atoms with Gasteiger partial charge in [0.1, 0.15) is 0 Å². The van der Waals surface area contributed by atoms with Gasteiger partial charge in [0, 0.05) is 6.54 Å². The molecule has 2 heteroatoms. The molecule has 1 aromatic carbocycles. The Kier molecular flexibility index (Phi) is 2.69. The fourth-order valence-corrected chi connectivity index (χ4v) is 1.94. The van der Waals surface area contributed by atoms with Gasteiger partial charge in [-0.1, -0.05) is 30.8 Å². The van der Waals surface area contributed by atoms with Gasteiger partial charge in [-0.15, -0.1) is 0 Å². The molecule has 2 nitrogen and oxygen atoms in total. The maximum atomic E-state index is 11.7. The number of hydrogen-bond acceptors (Lipinski definition) is 2. The van der Waals surface area contributed by atoms with E-state index in [-0.39, 0.29) is 11.8 Å². The zero-order valence-electron chi connectivity index (χ0n) is 8.92. The average molecular weight is 201 g/mol. The largest absolute Gasteiger partial charge is 0.303 e. The molecular weight excluding hydrogens is 186 g/mol. The Morgan fingerprint density at radius 3 is 2.73 bits per heavy atom. The van der Waals surface area contributed by atoms with E-state index in [1.807, 2.05) is 12.1 Å². The van der Waals surface area contributed by atoms with E-state index in [1.165, 1.54) is 11.1 Å². The summed E-state index contributed by atoms with van der Waals surface area (Å²) in [4.78, 5) is 11.7. The second-order valence-electron chi connectivity index (χ2n) is 4.05. The zero-order valence-corrected chi connectivity index (χ0v) is 8.92. The third-order valence-corrected chi connectivity index (χ3v) is 2.82. The predicted octanol–water partition coefficient (Wildman–Crippen LogP) is 1.85. The number of nitrogens with one attached hydrogen (secondary N) is 1. The van der Waals surface area contributed by atoms with Gasteiger partial charge < -0.3 is 5.32 Å². The van der Waals surface area contributed by atoms with Gasteiger partial charge in [-0.3, -0.25) is 4.79 Å². The van der Waals surface area contributed by atoms with Crippen molar-refractivity contribution in [2.45, 2.75) is 25.9 Å². The van der Waals surface area contributed by atoms with Gasteiger partial charge in [0.05, 0.1) is 6.04 Å². The molecule has 1 N–H and O–H groups in total. The summed E-state index contributed by atoms with van der Waals surface area (Å²) >= 11 is 0. The molecule has 0 fully saturated rings. The molecule has 78 valence electrons. The number of fused-ring (bicyclic) bond motifs is 1. The van der Waals surface area contributed by atoms with E-state index in [1.54, 1.807) is 6.92 Å². The van der Waals surface area contributed by atoms with E-state index in [0.29, 0.717) is 5.57 Å². The zero-order chi connectivity index (χ0) is 10.8. The Bertz CT molecular complexity index is 409. The van der Waals surface area contributed by atoms with Crippen LogP contribution in [0.1, 0.15) is 18.1 Å². The van der Waals surface area contributed by atoms with E-state index >= 15 is 0 Å². The number of hydrogen-bond donors (Lipinski definition) is 1. The fraction of sp³-hybridized carbons (Fsp3) is 0.308. The summed E-state index contributed by atoms with van der Waals surface area (Å²) in [6, 6.07) is 8.16. The normalized spacial score (nSPS) is 19.4. The van der Waals surface area contributed by atoms with Crippen LogP contribution in [0.25, 0.3) is 0 Å². The van der Waals surface area contributed by atoms with Crippen LogP contribution in [0.2, 0.25) is 0 Å². The van der Waals surface area contributed by atoms with E-state index < -0.39 is 0 Å². The van der Waals surface area contributed by atoms with Crippen LogP contribution in [-0.4, -0.2) is 11.8 Å². The molecule has 1 aliphatic rings. The predicted molar refractivity (Wildman–Crippen MR) is 60.6 cm³/mol. The Balaban J connectivity index is 2.19. The van der Waals surface area contributed by atoms with Gasteiger partial charge in [0.25, 0.3) is 0 Å². The highest BCUT2D eigenvalue weighted by molar-refractivity contribution is 5.98. The van der Waals surface area contributed by atoms with Crippen molar-refractivity contribution < 1.29 is 4.79 Å². The number of Topliss-reactive ketones (excluding diaryl/α,β-unsaturated/α-hetero) is 1. The average Bonchev–Trinajstić information content (AvgIpc) is 2.27. The van der Waals surface area contributed by atoms with Crippen molar-refractivity contribution in [3.63, 3.8) is 0 Å². The quantitative estimate of drug-likeness (QED) is 0.740. The SMILES string of the molecule is C=C(C)C(=O)C1Cc2ccccc2CN1. The number of carbonyl (C=O) groups excluding carboxylic acids is 1. The van der Waals surface area contributed by atoms with Crippen LogP contribution < -0.4 is 5.32 Å². The summed E-state index contributed by atoms with van der Waals surface area (Å²) in [5.74, 6) is 0.129. The first-order valence-corrected chi connectivity index (χ1v) is 5.18. The van der Waals surface area contributed by atoms with Crippen LogP contribution in [0, 0.1) is 0 Å². The van der Waals surface area contributed by atoms with Gasteiger partial charge in [-0.25, -0.2) is 0 Å². The molecule has 0 saturated carbocycles. The molecule has 0 radical (unpaired) electrons. The van der Waals surface area contributed by atoms with Gasteiger partial charge >= 0.3 is 0 Å². The molecule has 1 aromatic rings. The van der Waals surface area contributed by atoms with Crippen molar-refractivity contribution in [1.82, 2.24) is 5.32 Å². The Hall–Kier alpha value is -1.41. The molecular formula is C13H15NO. The fourth-order valence-electron chi connectivity index (χ4n) is 1.94. The summed E-state index contributed by atoms with van der Waals surface area (Å²) in [7, 11) is 0. The van der Waals surface area contributed by atoms with E-state index in [0.717, 1.165) is 13.0 Å². The number of carbonyl (C=O) groups is 1. The molecule has 1 unspecified atom stereocenters. The summed E-state index contributed by atoms with van der Waals surface area (Å²) < 4.78 is 0. The Labute approximate surface area is 90.0 Å². The smallest absolute Gasteiger partial charge is 0.175 e. The molecule has 0 saturated heterocycles. The van der Waals surface area contributed by atoms with Crippen LogP contribution in [0.3, 0.4) is 0 Å². The molecule has 2 rings (SSSR count). The summed E-state index contributed by atoms with van der Waals surface area (Å²) in [6.45, 7) is 6.24. The van der Waals surface area contributed by atoms with Crippen molar-refractivity contribution in [3.05, 3.63) is 47.5 Å². The van der Waals surface area contributed by atoms with Crippen molar-refractivity contribution in [2.24, 2.45) is 0 Å². The minimum absolute atomic E-state index is 0.0857. The van der Waals surface area contributed by atoms with E-state index in [4.69, 9.17) is 0 Å². The van der Waals surface area contributed by atoms with Crippen molar-refractivity contribution >= 4 is 5.78 Å². The first-order valence-electron chi connectivity index (χ1n) is 5.18. The first-order chi connectivity index (χ1) is 7.18. The lowest BCUT2D eigenvalue weighted by atomic mass is 9.92. The molecule has 1 heterocycles. The molecule has 0 aromatic heterocycles. The van der Waals surface area contributed by atoms with Crippen molar-refractivity contribution in [2.75, 3.05) is 0 Å². The summed E-state index contributed by atoms with van der Waals surface area (Å²) in [5, 5.41) is 3.25. The van der Waals surface area contributed by atoms with Crippen LogP contribution in [0.5, 0.6) is 0 Å². The molecule has 1 atom stereocenters. The molecule has 0 amide bonds. The molecule has 0 spiro atoms. The molecule has 1 aliphatic heterocycles. The summed E-state index contributed by atoms with van der Waals surface area (Å²) in [6.07, 6.45) is 0.780. The van der Waals surface area contributed by atoms with Crippen molar-refractivity contribution in [3.8, 4) is 0 Å². The Morgan fingerprint density at radius 2 is 2.07 bits per heavy atom. The molecule has 15 heavy (non-hydrogen) atoms. The number of benzene rings is 1. The lowest BCUT2D eigenvalue weighted by Gasteiger charge is -2.25. The second kappa shape index (κ2) is 3.99. The van der Waals surface area contributed by atoms with E-state index in [9.17, 15) is 4.79 Å². The van der Waals surface area contributed by atoms with Crippen LogP contribution >= 0.6 is 0 Å². The van der Waals surface area contributed by atoms with Crippen LogP contribution in [-0.2, 0) is 17.8 Å². The minimum Gasteiger partial charge on any atom is -0.303 e. The highest BCUT2D eigenvalue weighted by Gasteiger charge is 2.23. The second-order valence-corrected chi connectivity index (χ2v) is 4.05. The number of rotatable bonds is 2. The van der Waals surface area contributed by atoms with Gasteiger partial charge in [0.15, 0.2) is 5.78 Å². The van der Waals surface area contributed by atoms with Gasteiger partial charge in [-0.05, 0) is 30.0 Å². The Morgan fingerprint density at radius 1 is 1.40 bits per heavy atom. The lowest BCUT2D eigenvalue weighted by Crippen LogP contribution is -2.41. The minimum atomic E-state index is -0.0857. The highest BCUT2D eigenvalue weighted by Crippen LogP contribution is 2.17. The number of ketones is 1. The lowest BCUT2D eigenvalue weighted by molar-refractivity contribution is -0.117. The van der Waals surface area contributed by atoms with Gasteiger partial charge in [0.2, 0.25) is 0 Å². The third kappa shape index (κ3) is 2.00. The first kappa shape index (κ1) is 10.1.